The van der Waals surface area contributed by atoms with Crippen molar-refractivity contribution in [2.24, 2.45) is 5.92 Å². The third-order valence-corrected chi connectivity index (χ3v) is 11.0. The number of sulfonamides is 1. The van der Waals surface area contributed by atoms with Gasteiger partial charge in [-0.25, -0.2) is 13.2 Å². The minimum atomic E-state index is -3.88. The molecule has 2 aromatic carbocycles. The lowest BCUT2D eigenvalue weighted by Crippen LogP contribution is -2.59. The zero-order valence-electron chi connectivity index (χ0n) is 28.1. The van der Waals surface area contributed by atoms with E-state index in [1.54, 1.807) is 26.8 Å². The molecule has 2 aromatic rings. The molecule has 4 amide bonds. The Balaban J connectivity index is 1.45. The number of carbonyl (C=O) groups excluding carboxylic acids is 4. The molecule has 11 nitrogen and oxygen atoms in total. The predicted molar refractivity (Wildman–Crippen MR) is 187 cm³/mol. The highest BCUT2D eigenvalue weighted by Crippen LogP contribution is 2.46. The first kappa shape index (κ1) is 36.4. The van der Waals surface area contributed by atoms with Crippen LogP contribution in [0.3, 0.4) is 0 Å². The summed E-state index contributed by atoms with van der Waals surface area (Å²) in [7, 11) is -3.88. The smallest absolute Gasteiger partial charge is 0.408 e. The normalized spacial score (nSPS) is 25.7. The van der Waals surface area contributed by atoms with Crippen LogP contribution in [0.2, 0.25) is 5.02 Å². The van der Waals surface area contributed by atoms with Gasteiger partial charge in [0.25, 0.3) is 5.91 Å². The maximum atomic E-state index is 14.2. The lowest BCUT2D eigenvalue weighted by molar-refractivity contribution is -0.133. The van der Waals surface area contributed by atoms with Crippen LogP contribution in [0.15, 0.2) is 60.7 Å². The number of benzene rings is 2. The molecule has 4 atom stereocenters. The van der Waals surface area contributed by atoms with E-state index in [9.17, 15) is 27.6 Å². The summed E-state index contributed by atoms with van der Waals surface area (Å²) >= 11 is 6.46. The Kier molecular flexibility index (Phi) is 11.1. The highest BCUT2D eigenvalue weighted by atomic mass is 35.5. The van der Waals surface area contributed by atoms with Gasteiger partial charge in [-0.2, -0.15) is 0 Å². The molecule has 1 aliphatic heterocycles. The molecule has 2 fully saturated rings. The molecule has 0 aromatic heterocycles. The van der Waals surface area contributed by atoms with Crippen molar-refractivity contribution in [3.05, 3.63) is 71.3 Å². The maximum Gasteiger partial charge on any atom is 0.408 e. The summed E-state index contributed by atoms with van der Waals surface area (Å²) in [6.07, 6.45) is 7.47. The van der Waals surface area contributed by atoms with Gasteiger partial charge in [0, 0.05) is 22.9 Å². The SMILES string of the molecule is CC(C)(C)OC(=O)N[C@H]1CCCCC/C=C\[C@@H]2C[C@@]2(C(=O)NS(=O)(=O)C2CC2)NC(=O)[C@H](Cc2cccc(-c3ccccc3Cl)c2)NC1=O. The number of alkyl carbamates (subject to hydrolysis) is 1. The summed E-state index contributed by atoms with van der Waals surface area (Å²) < 4.78 is 33.1. The summed E-state index contributed by atoms with van der Waals surface area (Å²) in [5, 5.41) is 8.27. The number of hydrogen-bond donors (Lipinski definition) is 4. The van der Waals surface area contributed by atoms with Gasteiger partial charge in [-0.3, -0.25) is 19.1 Å². The van der Waals surface area contributed by atoms with E-state index in [1.807, 2.05) is 54.6 Å². The van der Waals surface area contributed by atoms with Gasteiger partial charge in [0.15, 0.2) is 0 Å². The molecule has 0 spiro atoms. The van der Waals surface area contributed by atoms with E-state index in [1.165, 1.54) is 0 Å². The highest BCUT2D eigenvalue weighted by Gasteiger charge is 2.61. The minimum Gasteiger partial charge on any atom is -0.444 e. The molecule has 0 saturated heterocycles. The second-order valence-corrected chi connectivity index (χ2v) is 16.5. The third kappa shape index (κ3) is 9.63. The first-order valence-corrected chi connectivity index (χ1v) is 18.8. The Bertz CT molecular complexity index is 1720. The van der Waals surface area contributed by atoms with Crippen molar-refractivity contribution in [3.63, 3.8) is 0 Å². The lowest BCUT2D eigenvalue weighted by atomic mass is 9.98. The average molecular weight is 713 g/mol. The molecule has 264 valence electrons. The van der Waals surface area contributed by atoms with Gasteiger partial charge < -0.3 is 20.7 Å². The van der Waals surface area contributed by atoms with Crippen LogP contribution in [-0.2, 0) is 35.6 Å². The standard InChI is InChI=1S/C36H45ClN4O7S/c1-35(2,3)48-34(45)39-29-17-8-6-4-5-7-14-25-22-36(25,33(44)41-49(46,47)26-18-19-26)40-32(43)30(38-31(29)42)21-23-12-11-13-24(20-23)27-15-9-10-16-28(27)37/h7,9-16,20,25-26,29-30H,4-6,8,17-19,21-22H2,1-3H3,(H,38,42)(H,39,45)(H,40,43)(H,41,44)/b14-7-/t25-,29+,30+,36-/m1/s1. The second kappa shape index (κ2) is 14.9. The molecule has 0 bridgehead atoms. The molecule has 4 N–H and O–H groups in total. The fraction of sp³-hybridized carbons (Fsp3) is 0.500. The zero-order chi connectivity index (χ0) is 35.4. The minimum absolute atomic E-state index is 0.0353. The molecule has 5 rings (SSSR count). The fourth-order valence-corrected chi connectivity index (χ4v) is 7.62. The van der Waals surface area contributed by atoms with Crippen LogP contribution in [0.1, 0.15) is 77.7 Å². The Labute approximate surface area is 293 Å². The van der Waals surface area contributed by atoms with Crippen molar-refractivity contribution in [2.75, 3.05) is 0 Å². The Morgan fingerprint density at radius 1 is 1.00 bits per heavy atom. The van der Waals surface area contributed by atoms with Crippen molar-refractivity contribution < 1.29 is 32.3 Å². The molecule has 49 heavy (non-hydrogen) atoms. The van der Waals surface area contributed by atoms with Crippen molar-refractivity contribution in [1.82, 2.24) is 20.7 Å². The van der Waals surface area contributed by atoms with Gasteiger partial charge in [-0.1, -0.05) is 79.1 Å². The van der Waals surface area contributed by atoms with Crippen molar-refractivity contribution in [2.45, 2.75) is 107 Å². The quantitative estimate of drug-likeness (QED) is 0.296. The largest absolute Gasteiger partial charge is 0.444 e. The predicted octanol–water partition coefficient (Wildman–Crippen LogP) is 4.93. The van der Waals surface area contributed by atoms with Gasteiger partial charge in [-0.15, -0.1) is 0 Å². The second-order valence-electron chi connectivity index (χ2n) is 14.2. The maximum absolute atomic E-state index is 14.2. The molecule has 0 unspecified atom stereocenters. The Hall–Kier alpha value is -3.90. The van der Waals surface area contributed by atoms with Gasteiger partial charge >= 0.3 is 6.09 Å². The van der Waals surface area contributed by atoms with Crippen LogP contribution in [0.25, 0.3) is 11.1 Å². The summed E-state index contributed by atoms with van der Waals surface area (Å²) in [5.41, 5.74) is 0.0271. The molecular weight excluding hydrogens is 668 g/mol. The first-order valence-electron chi connectivity index (χ1n) is 16.9. The van der Waals surface area contributed by atoms with E-state index in [-0.39, 0.29) is 12.8 Å². The fourth-order valence-electron chi connectivity index (χ4n) is 6.02. The van der Waals surface area contributed by atoms with E-state index in [0.29, 0.717) is 42.7 Å². The molecular formula is C36H45ClN4O7S. The highest BCUT2D eigenvalue weighted by molar-refractivity contribution is 7.91. The summed E-state index contributed by atoms with van der Waals surface area (Å²) in [4.78, 5) is 54.4. The van der Waals surface area contributed by atoms with E-state index < -0.39 is 68.2 Å². The van der Waals surface area contributed by atoms with Gasteiger partial charge in [0.2, 0.25) is 21.8 Å². The van der Waals surface area contributed by atoms with E-state index in [0.717, 1.165) is 24.0 Å². The van der Waals surface area contributed by atoms with Crippen LogP contribution in [-0.4, -0.2) is 60.7 Å². The van der Waals surface area contributed by atoms with Crippen LogP contribution >= 0.6 is 11.6 Å². The number of ether oxygens (including phenoxy) is 1. The summed E-state index contributed by atoms with van der Waals surface area (Å²) in [6, 6.07) is 12.6. The van der Waals surface area contributed by atoms with Gasteiger partial charge in [-0.05, 0) is 76.5 Å². The Morgan fingerprint density at radius 2 is 1.76 bits per heavy atom. The molecule has 2 saturated carbocycles. The number of allylic oxidation sites excluding steroid dienone is 1. The summed E-state index contributed by atoms with van der Waals surface area (Å²) in [6.45, 7) is 5.17. The van der Waals surface area contributed by atoms with Crippen LogP contribution in [0, 0.1) is 5.92 Å². The van der Waals surface area contributed by atoms with Crippen LogP contribution in [0.4, 0.5) is 4.79 Å². The molecule has 3 aliphatic rings. The van der Waals surface area contributed by atoms with Crippen molar-refractivity contribution in [1.29, 1.82) is 0 Å². The lowest BCUT2D eigenvalue weighted by Gasteiger charge is -2.27. The number of halogens is 1. The topological polar surface area (TPSA) is 160 Å². The third-order valence-electron chi connectivity index (χ3n) is 8.89. The van der Waals surface area contributed by atoms with Crippen LogP contribution < -0.4 is 20.7 Å². The molecule has 1 heterocycles. The number of nitrogens with one attached hydrogen (secondary N) is 4. The molecule has 0 radical (unpaired) electrons. The van der Waals surface area contributed by atoms with Gasteiger partial charge in [0.05, 0.1) is 5.25 Å². The molecule has 13 heteroatoms. The van der Waals surface area contributed by atoms with Crippen LogP contribution in [0.5, 0.6) is 0 Å². The number of hydrogen-bond acceptors (Lipinski definition) is 7. The first-order chi connectivity index (χ1) is 23.2. The number of carbonyl (C=O) groups is 4. The van der Waals surface area contributed by atoms with Crippen molar-refractivity contribution in [3.8, 4) is 11.1 Å². The van der Waals surface area contributed by atoms with E-state index >= 15 is 0 Å². The van der Waals surface area contributed by atoms with E-state index in [4.69, 9.17) is 16.3 Å². The number of amides is 4. The summed E-state index contributed by atoms with van der Waals surface area (Å²) in [5.74, 6) is -2.44. The number of fused-ring (bicyclic) bond motifs is 1. The Morgan fingerprint density at radius 3 is 2.47 bits per heavy atom. The van der Waals surface area contributed by atoms with Gasteiger partial charge in [0.1, 0.15) is 23.2 Å². The average Bonchev–Trinajstić information content (AvgIpc) is 3.95. The zero-order valence-corrected chi connectivity index (χ0v) is 29.7. The van der Waals surface area contributed by atoms with E-state index in [2.05, 4.69) is 20.7 Å². The monoisotopic (exact) mass is 712 g/mol. The van der Waals surface area contributed by atoms with Crippen molar-refractivity contribution >= 4 is 45.4 Å². The molecule has 2 aliphatic carbocycles. The number of rotatable bonds is 7.